The summed E-state index contributed by atoms with van der Waals surface area (Å²) < 4.78 is 59.2. The minimum atomic E-state index is -10.7. The smallest absolute Gasteiger partial charge is 0.358 e. The van der Waals surface area contributed by atoms with Crippen LogP contribution in [0.15, 0.2) is 24.3 Å². The molecule has 1 aliphatic rings. The first kappa shape index (κ1) is 28.6. The SMILES string of the molecule is C1CCCC1.Cc1ccc(C(C)C)cc1.F[P-](F)(F)(F)(F)F.[CH3-].[Ru+2]. The van der Waals surface area contributed by atoms with Gasteiger partial charge in [0.1, 0.15) is 0 Å². The van der Waals surface area contributed by atoms with Gasteiger partial charge in [-0.3, -0.25) is 0 Å². The van der Waals surface area contributed by atoms with E-state index in [0.717, 1.165) is 0 Å². The van der Waals surface area contributed by atoms with Gasteiger partial charge in [0.05, 0.1) is 0 Å². The molecule has 0 amide bonds. The summed E-state index contributed by atoms with van der Waals surface area (Å²) in [6.07, 6.45) is 7.50. The molecule has 24 heavy (non-hydrogen) atoms. The first-order valence-electron chi connectivity index (χ1n) is 7.28. The maximum Gasteiger partial charge on any atom is 2.00 e. The Morgan fingerprint density at radius 1 is 0.750 bits per heavy atom. The molecule has 8 heteroatoms. The van der Waals surface area contributed by atoms with E-state index in [4.69, 9.17) is 0 Å². The largest absolute Gasteiger partial charge is 2.00 e. The average molecular weight is 465 g/mol. The van der Waals surface area contributed by atoms with Crippen LogP contribution >= 0.6 is 7.81 Å². The summed E-state index contributed by atoms with van der Waals surface area (Å²) in [6, 6.07) is 8.71. The van der Waals surface area contributed by atoms with E-state index in [9.17, 15) is 25.2 Å². The first-order chi connectivity index (χ1) is 9.65. The van der Waals surface area contributed by atoms with Crippen LogP contribution in [0.4, 0.5) is 25.2 Å². The second-order valence-corrected chi connectivity index (χ2v) is 7.71. The van der Waals surface area contributed by atoms with E-state index in [1.807, 2.05) is 0 Å². The van der Waals surface area contributed by atoms with E-state index in [-0.39, 0.29) is 26.9 Å². The van der Waals surface area contributed by atoms with Crippen LogP contribution in [-0.2, 0) is 19.5 Å². The fourth-order valence-electron chi connectivity index (χ4n) is 1.84. The molecule has 1 saturated carbocycles. The number of benzene rings is 1. The second kappa shape index (κ2) is 10.1. The van der Waals surface area contributed by atoms with Crippen LogP contribution in [-0.4, -0.2) is 0 Å². The Balaban J connectivity index is -0.000000279. The van der Waals surface area contributed by atoms with Crippen molar-refractivity contribution in [3.63, 3.8) is 0 Å². The summed E-state index contributed by atoms with van der Waals surface area (Å²) in [5.41, 5.74) is 2.76. The summed E-state index contributed by atoms with van der Waals surface area (Å²) >= 11 is 0. The number of hydrogen-bond donors (Lipinski definition) is 0. The number of rotatable bonds is 1. The summed E-state index contributed by atoms with van der Waals surface area (Å²) in [5.74, 6) is 0.653. The van der Waals surface area contributed by atoms with E-state index in [1.165, 1.54) is 43.2 Å². The van der Waals surface area contributed by atoms with Crippen molar-refractivity contribution < 1.29 is 44.7 Å². The Labute approximate surface area is 154 Å². The molecule has 1 aromatic rings. The van der Waals surface area contributed by atoms with Gasteiger partial charge in [0.2, 0.25) is 0 Å². The molecule has 0 radical (unpaired) electrons. The molecule has 2 rings (SSSR count). The van der Waals surface area contributed by atoms with Gasteiger partial charge in [0.25, 0.3) is 0 Å². The van der Waals surface area contributed by atoms with Gasteiger partial charge in [-0.25, -0.2) is 0 Å². The van der Waals surface area contributed by atoms with E-state index in [2.05, 4.69) is 45.0 Å². The quantitative estimate of drug-likeness (QED) is 0.168. The zero-order valence-corrected chi connectivity index (χ0v) is 17.1. The molecule has 0 nitrogen and oxygen atoms in total. The average Bonchev–Trinajstić information content (AvgIpc) is 2.83. The number of hydrogen-bond acceptors (Lipinski definition) is 0. The molecule has 1 aromatic carbocycles. The van der Waals surface area contributed by atoms with Gasteiger partial charge in [-0.05, 0) is 18.4 Å². The zero-order chi connectivity index (χ0) is 17.5. The van der Waals surface area contributed by atoms with Crippen molar-refractivity contribution in [1.82, 2.24) is 0 Å². The fourth-order valence-corrected chi connectivity index (χ4v) is 1.84. The van der Waals surface area contributed by atoms with E-state index in [1.54, 1.807) is 0 Å². The van der Waals surface area contributed by atoms with E-state index >= 15 is 0 Å². The minimum absolute atomic E-state index is 0. The monoisotopic (exact) mass is 466 g/mol. The zero-order valence-electron chi connectivity index (χ0n) is 14.5. The minimum Gasteiger partial charge on any atom is -0.358 e. The maximum absolute atomic E-state index is 10.7. The molecule has 0 atom stereocenters. The molecule has 0 bridgehead atoms. The van der Waals surface area contributed by atoms with Gasteiger partial charge < -0.3 is 7.43 Å². The molecule has 0 aromatic heterocycles. The van der Waals surface area contributed by atoms with Crippen molar-refractivity contribution in [2.75, 3.05) is 0 Å². The van der Waals surface area contributed by atoms with Crippen molar-refractivity contribution in [2.45, 2.75) is 58.8 Å². The van der Waals surface area contributed by atoms with Gasteiger partial charge in [-0.1, -0.05) is 75.8 Å². The number of halogens is 6. The molecule has 0 spiro atoms. The second-order valence-electron chi connectivity index (χ2n) is 5.79. The molecule has 0 unspecified atom stereocenters. The summed E-state index contributed by atoms with van der Waals surface area (Å²) in [5, 5.41) is 0. The topological polar surface area (TPSA) is 0 Å². The van der Waals surface area contributed by atoms with Crippen LogP contribution in [0.2, 0.25) is 0 Å². The van der Waals surface area contributed by atoms with Crippen molar-refractivity contribution in [3.05, 3.63) is 42.8 Å². The Morgan fingerprint density at radius 3 is 1.21 bits per heavy atom. The third-order valence-corrected chi connectivity index (χ3v) is 2.99. The molecule has 0 heterocycles. The fraction of sp³-hybridized carbons (Fsp3) is 0.562. The Morgan fingerprint density at radius 2 is 1.00 bits per heavy atom. The Kier molecular flexibility index (Phi) is 12.1. The van der Waals surface area contributed by atoms with Crippen LogP contribution in [0, 0.1) is 14.4 Å². The molecular formula is C16H27F6PRu. The van der Waals surface area contributed by atoms with Crippen LogP contribution in [0.5, 0.6) is 0 Å². The van der Waals surface area contributed by atoms with E-state index in [0.29, 0.717) is 5.92 Å². The van der Waals surface area contributed by atoms with Crippen LogP contribution < -0.4 is 0 Å². The third kappa shape index (κ3) is 26.7. The predicted octanol–water partition coefficient (Wildman–Crippen LogP) is 8.90. The predicted molar refractivity (Wildman–Crippen MR) is 88.3 cm³/mol. The Hall–Kier alpha value is -0.147. The van der Waals surface area contributed by atoms with Crippen LogP contribution in [0.3, 0.4) is 0 Å². The molecule has 1 aliphatic carbocycles. The number of aryl methyl sites for hydroxylation is 1. The molecular weight excluding hydrogens is 438 g/mol. The molecule has 146 valence electrons. The summed E-state index contributed by atoms with van der Waals surface area (Å²) in [4.78, 5) is 0. The Bertz CT molecular complexity index is 416. The van der Waals surface area contributed by atoms with Crippen molar-refractivity contribution in [3.8, 4) is 0 Å². The van der Waals surface area contributed by atoms with Gasteiger partial charge >= 0.3 is 52.5 Å². The van der Waals surface area contributed by atoms with Crippen LogP contribution in [0.1, 0.15) is 63.0 Å². The molecule has 0 aliphatic heterocycles. The summed E-state index contributed by atoms with van der Waals surface area (Å²) in [6.45, 7) is 6.54. The van der Waals surface area contributed by atoms with Crippen molar-refractivity contribution in [1.29, 1.82) is 0 Å². The summed E-state index contributed by atoms with van der Waals surface area (Å²) in [7, 11) is -10.7. The van der Waals surface area contributed by atoms with Crippen molar-refractivity contribution in [2.24, 2.45) is 0 Å². The maximum atomic E-state index is 9.87. The molecule has 0 N–H and O–H groups in total. The van der Waals surface area contributed by atoms with Gasteiger partial charge in [-0.15, -0.1) is 0 Å². The normalized spacial score (nSPS) is 16.1. The standard InChI is InChI=1S/C10H14.C5H10.CH3.F6P.Ru/c1-8(2)10-6-4-9(3)5-7-10;1-2-4-5-3-1;;1-7(2,3,4,5)6;/h4-8H,1-3H3;1-5H2;1H3;;/q;;2*-1;+2. The van der Waals surface area contributed by atoms with E-state index < -0.39 is 7.81 Å². The van der Waals surface area contributed by atoms with Gasteiger partial charge in [-0.2, -0.15) is 0 Å². The molecule has 0 saturated heterocycles. The first-order valence-corrected chi connectivity index (χ1v) is 9.31. The van der Waals surface area contributed by atoms with Crippen LogP contribution in [0.25, 0.3) is 0 Å². The third-order valence-electron chi connectivity index (χ3n) is 2.99. The van der Waals surface area contributed by atoms with Gasteiger partial charge in [0, 0.05) is 0 Å². The van der Waals surface area contributed by atoms with Gasteiger partial charge in [0.15, 0.2) is 0 Å². The molecule has 1 fully saturated rings. The van der Waals surface area contributed by atoms with Crippen molar-refractivity contribution >= 4 is 7.81 Å².